The molecule has 0 atom stereocenters. The lowest BCUT2D eigenvalue weighted by molar-refractivity contribution is 0.102. The maximum atomic E-state index is 12.4. The molecule has 1 amide bonds. The Kier molecular flexibility index (Phi) is 6.44. The molecule has 0 fully saturated rings. The molecule has 4 aromatic rings. The average molecular weight is 438 g/mol. The van der Waals surface area contributed by atoms with Gasteiger partial charge in [-0.15, -0.1) is 11.8 Å². The summed E-state index contributed by atoms with van der Waals surface area (Å²) in [5.74, 6) is 0.273. The van der Waals surface area contributed by atoms with Gasteiger partial charge in [-0.1, -0.05) is 30.3 Å². The maximum absolute atomic E-state index is 12.4. The monoisotopic (exact) mass is 437 g/mol. The van der Waals surface area contributed by atoms with Gasteiger partial charge in [0.05, 0.1) is 22.2 Å². The van der Waals surface area contributed by atoms with Crippen LogP contribution < -0.4 is 10.6 Å². The van der Waals surface area contributed by atoms with Crippen molar-refractivity contribution in [2.24, 2.45) is 0 Å². The number of aromatic nitrogens is 2. The minimum Gasteiger partial charge on any atom is -0.324 e. The number of nitriles is 1. The predicted molar refractivity (Wildman–Crippen MR) is 128 cm³/mol. The first-order valence-electron chi connectivity index (χ1n) is 9.81. The average Bonchev–Trinajstić information content (AvgIpc) is 2.85. The molecule has 7 heteroatoms. The lowest BCUT2D eigenvalue weighted by Gasteiger charge is -2.11. The fourth-order valence-corrected chi connectivity index (χ4v) is 3.56. The third-order valence-electron chi connectivity index (χ3n) is 4.70. The van der Waals surface area contributed by atoms with Gasteiger partial charge in [0.2, 0.25) is 5.95 Å². The zero-order chi connectivity index (χ0) is 22.3. The number of amides is 1. The summed E-state index contributed by atoms with van der Waals surface area (Å²) in [5, 5.41) is 15.1. The van der Waals surface area contributed by atoms with Crippen LogP contribution in [0.3, 0.4) is 0 Å². The van der Waals surface area contributed by atoms with E-state index in [1.165, 1.54) is 0 Å². The van der Waals surface area contributed by atoms with E-state index in [-0.39, 0.29) is 5.91 Å². The number of thioether (sulfide) groups is 1. The second kappa shape index (κ2) is 9.77. The quantitative estimate of drug-likeness (QED) is 0.374. The minimum atomic E-state index is -0.175. The van der Waals surface area contributed by atoms with Crippen LogP contribution in [0.4, 0.5) is 17.3 Å². The number of hydrogen-bond acceptors (Lipinski definition) is 6. The number of hydrogen-bond donors (Lipinski definition) is 2. The molecule has 156 valence electrons. The Labute approximate surface area is 190 Å². The lowest BCUT2D eigenvalue weighted by atomic mass is 10.1. The van der Waals surface area contributed by atoms with Crippen LogP contribution in [0.15, 0.2) is 90.0 Å². The summed E-state index contributed by atoms with van der Waals surface area (Å²) in [4.78, 5) is 22.4. The molecule has 4 rings (SSSR count). The zero-order valence-electron chi connectivity index (χ0n) is 17.2. The number of carbonyl (C=O) groups is 1. The van der Waals surface area contributed by atoms with Gasteiger partial charge in [-0.2, -0.15) is 5.26 Å². The second-order valence-electron chi connectivity index (χ2n) is 6.82. The predicted octanol–water partition coefficient (Wildman–Crippen LogP) is 5.73. The van der Waals surface area contributed by atoms with Gasteiger partial charge in [-0.3, -0.25) is 4.79 Å². The van der Waals surface area contributed by atoms with Crippen LogP contribution in [0.1, 0.15) is 15.9 Å². The Morgan fingerprint density at radius 1 is 0.938 bits per heavy atom. The molecule has 1 heterocycles. The van der Waals surface area contributed by atoms with Gasteiger partial charge in [0.15, 0.2) is 0 Å². The third-order valence-corrected chi connectivity index (χ3v) is 5.44. The molecular formula is C25H19N5OS. The molecule has 0 bridgehead atoms. The summed E-state index contributed by atoms with van der Waals surface area (Å²) in [7, 11) is 0. The molecule has 0 saturated heterocycles. The molecule has 2 N–H and O–H groups in total. The van der Waals surface area contributed by atoms with Gasteiger partial charge in [-0.25, -0.2) is 9.97 Å². The fourth-order valence-electron chi connectivity index (χ4n) is 3.05. The van der Waals surface area contributed by atoms with Gasteiger partial charge >= 0.3 is 0 Å². The van der Waals surface area contributed by atoms with E-state index in [0.29, 0.717) is 17.1 Å². The normalized spacial score (nSPS) is 10.2. The standard InChI is InChI=1S/C25H19N5OS/c1-32-22-16-27-25(30-23(22)18-9-7-17(15-26)8-10-18)29-21-13-11-19(12-14-21)24(31)28-20-5-3-2-4-6-20/h2-14,16H,1H3,(H,28,31)(H,27,29,30). The topological polar surface area (TPSA) is 90.7 Å². The molecule has 0 saturated carbocycles. The lowest BCUT2D eigenvalue weighted by Crippen LogP contribution is -2.11. The molecule has 0 spiro atoms. The van der Waals surface area contributed by atoms with Crippen molar-refractivity contribution in [1.29, 1.82) is 5.26 Å². The van der Waals surface area contributed by atoms with Crippen LogP contribution in [0.5, 0.6) is 0 Å². The fraction of sp³-hybridized carbons (Fsp3) is 0.0400. The number of nitrogens with zero attached hydrogens (tertiary/aromatic N) is 3. The molecule has 6 nitrogen and oxygen atoms in total. The van der Waals surface area contributed by atoms with E-state index < -0.39 is 0 Å². The Hall–Kier alpha value is -4.15. The molecular weight excluding hydrogens is 418 g/mol. The summed E-state index contributed by atoms with van der Waals surface area (Å²) in [5.41, 5.74) is 4.37. The number of para-hydroxylation sites is 1. The largest absolute Gasteiger partial charge is 0.324 e. The van der Waals surface area contributed by atoms with Crippen LogP contribution in [0.25, 0.3) is 11.3 Å². The van der Waals surface area contributed by atoms with E-state index in [2.05, 4.69) is 26.7 Å². The number of anilines is 3. The second-order valence-corrected chi connectivity index (χ2v) is 7.67. The molecule has 0 aliphatic rings. The highest BCUT2D eigenvalue weighted by atomic mass is 32.2. The summed E-state index contributed by atoms with van der Waals surface area (Å²) in [6.45, 7) is 0. The van der Waals surface area contributed by atoms with E-state index >= 15 is 0 Å². The van der Waals surface area contributed by atoms with E-state index in [1.807, 2.05) is 60.9 Å². The maximum Gasteiger partial charge on any atom is 0.255 e. The smallest absolute Gasteiger partial charge is 0.255 e. The van der Waals surface area contributed by atoms with Gasteiger partial charge < -0.3 is 10.6 Å². The number of carbonyl (C=O) groups excluding carboxylic acids is 1. The Balaban J connectivity index is 1.51. The van der Waals surface area contributed by atoms with Gasteiger partial charge in [0, 0.05) is 28.7 Å². The summed E-state index contributed by atoms with van der Waals surface area (Å²) >= 11 is 1.56. The minimum absolute atomic E-state index is 0.175. The first-order valence-corrected chi connectivity index (χ1v) is 11.0. The summed E-state index contributed by atoms with van der Waals surface area (Å²) in [6.07, 6.45) is 3.74. The first-order chi connectivity index (χ1) is 15.7. The first kappa shape index (κ1) is 21.1. The molecule has 3 aromatic carbocycles. The number of benzene rings is 3. The summed E-state index contributed by atoms with van der Waals surface area (Å²) in [6, 6.07) is 25.9. The zero-order valence-corrected chi connectivity index (χ0v) is 18.1. The van der Waals surface area contributed by atoms with E-state index in [9.17, 15) is 4.79 Å². The number of rotatable bonds is 6. The Morgan fingerprint density at radius 3 is 2.31 bits per heavy atom. The van der Waals surface area contributed by atoms with Crippen molar-refractivity contribution in [2.75, 3.05) is 16.9 Å². The van der Waals surface area contributed by atoms with Gasteiger partial charge in [0.1, 0.15) is 0 Å². The van der Waals surface area contributed by atoms with Crippen molar-refractivity contribution in [3.05, 3.63) is 96.2 Å². The third kappa shape index (κ3) is 4.94. The molecule has 32 heavy (non-hydrogen) atoms. The van der Waals surface area contributed by atoms with Crippen molar-refractivity contribution in [3.63, 3.8) is 0 Å². The summed E-state index contributed by atoms with van der Waals surface area (Å²) < 4.78 is 0. The molecule has 1 aromatic heterocycles. The highest BCUT2D eigenvalue weighted by Crippen LogP contribution is 2.29. The van der Waals surface area contributed by atoms with E-state index in [0.717, 1.165) is 27.5 Å². The SMILES string of the molecule is CSc1cnc(Nc2ccc(C(=O)Nc3ccccc3)cc2)nc1-c1ccc(C#N)cc1. The Morgan fingerprint density at radius 2 is 1.66 bits per heavy atom. The van der Waals surface area contributed by atoms with Gasteiger partial charge in [-0.05, 0) is 54.8 Å². The molecule has 0 unspecified atom stereocenters. The van der Waals surface area contributed by atoms with Crippen molar-refractivity contribution in [1.82, 2.24) is 9.97 Å². The van der Waals surface area contributed by atoms with Crippen molar-refractivity contribution >= 4 is 35.0 Å². The van der Waals surface area contributed by atoms with Gasteiger partial charge in [0.25, 0.3) is 5.91 Å². The van der Waals surface area contributed by atoms with Crippen molar-refractivity contribution in [2.45, 2.75) is 4.90 Å². The van der Waals surface area contributed by atoms with Crippen LogP contribution in [0.2, 0.25) is 0 Å². The van der Waals surface area contributed by atoms with Crippen molar-refractivity contribution < 1.29 is 4.79 Å². The number of nitrogens with one attached hydrogen (secondary N) is 2. The van der Waals surface area contributed by atoms with E-state index in [4.69, 9.17) is 5.26 Å². The molecule has 0 aliphatic carbocycles. The van der Waals surface area contributed by atoms with Crippen LogP contribution in [-0.2, 0) is 0 Å². The van der Waals surface area contributed by atoms with Crippen LogP contribution >= 0.6 is 11.8 Å². The van der Waals surface area contributed by atoms with Crippen LogP contribution in [0, 0.1) is 11.3 Å². The Bertz CT molecular complexity index is 1270. The van der Waals surface area contributed by atoms with E-state index in [1.54, 1.807) is 42.2 Å². The molecule has 0 aliphatic heterocycles. The highest BCUT2D eigenvalue weighted by molar-refractivity contribution is 7.98. The van der Waals surface area contributed by atoms with Crippen molar-refractivity contribution in [3.8, 4) is 17.3 Å². The van der Waals surface area contributed by atoms with Crippen LogP contribution in [-0.4, -0.2) is 22.1 Å². The molecule has 0 radical (unpaired) electrons. The highest BCUT2D eigenvalue weighted by Gasteiger charge is 2.11.